The van der Waals surface area contributed by atoms with Crippen LogP contribution >= 0.6 is 0 Å². The number of ether oxygens (including phenoxy) is 1. The van der Waals surface area contributed by atoms with Crippen molar-refractivity contribution in [2.45, 2.75) is 31.7 Å². The van der Waals surface area contributed by atoms with Crippen molar-refractivity contribution in [3.8, 4) is 11.5 Å². The molecule has 5 rings (SSSR count). The molecule has 0 bridgehead atoms. The number of hydrogen-bond donors (Lipinski definition) is 0. The number of rotatable bonds is 6. The number of likely N-dealkylation sites (tertiary alicyclic amines) is 2. The molecule has 6 nitrogen and oxygen atoms in total. The van der Waals surface area contributed by atoms with Crippen LogP contribution in [-0.2, 0) is 20.8 Å². The van der Waals surface area contributed by atoms with Gasteiger partial charge in [0, 0.05) is 19.5 Å². The van der Waals surface area contributed by atoms with Gasteiger partial charge in [0.2, 0.25) is 17.7 Å². The number of aryl methyl sites for hydroxylation is 1. The second kappa shape index (κ2) is 8.81. The Morgan fingerprint density at radius 1 is 0.939 bits per heavy atom. The first-order valence-electron chi connectivity index (χ1n) is 11.3. The number of fused-ring (bicyclic) bond motifs is 1. The summed E-state index contributed by atoms with van der Waals surface area (Å²) in [5, 5.41) is 0. The van der Waals surface area contributed by atoms with Crippen molar-refractivity contribution in [3.63, 3.8) is 0 Å². The molecule has 0 N–H and O–H groups in total. The lowest BCUT2D eigenvalue weighted by Crippen LogP contribution is -2.62. The first-order valence-corrected chi connectivity index (χ1v) is 11.3. The third kappa shape index (κ3) is 4.27. The molecule has 0 saturated carbocycles. The fourth-order valence-electron chi connectivity index (χ4n) is 4.82. The molecular weight excluding hydrogens is 423 g/mol. The van der Waals surface area contributed by atoms with Crippen LogP contribution in [0.1, 0.15) is 24.8 Å². The minimum Gasteiger partial charge on any atom is -0.457 e. The second-order valence-electron chi connectivity index (χ2n) is 8.86. The zero-order valence-corrected chi connectivity index (χ0v) is 18.2. The van der Waals surface area contributed by atoms with E-state index < -0.39 is 0 Å². The topological polar surface area (TPSA) is 66.9 Å². The molecule has 7 heteroatoms. The summed E-state index contributed by atoms with van der Waals surface area (Å²) in [5.41, 5.74) is 0.960. The number of imide groups is 1. The number of allylic oxidation sites excluding steroid dienone is 2. The Bertz CT molecular complexity index is 1080. The van der Waals surface area contributed by atoms with Gasteiger partial charge in [-0.25, -0.2) is 4.39 Å². The largest absolute Gasteiger partial charge is 0.457 e. The van der Waals surface area contributed by atoms with Gasteiger partial charge in [0.25, 0.3) is 0 Å². The highest BCUT2D eigenvalue weighted by Crippen LogP contribution is 2.37. The number of carbonyl (C=O) groups is 3. The van der Waals surface area contributed by atoms with Crippen molar-refractivity contribution >= 4 is 17.7 Å². The predicted octanol–water partition coefficient (Wildman–Crippen LogP) is 3.71. The molecule has 1 aliphatic carbocycles. The lowest BCUT2D eigenvalue weighted by atomic mass is 9.85. The summed E-state index contributed by atoms with van der Waals surface area (Å²) in [6.45, 7) is 0.827. The first-order chi connectivity index (χ1) is 16.0. The summed E-state index contributed by atoms with van der Waals surface area (Å²) < 4.78 is 18.8. The quantitative estimate of drug-likeness (QED) is 0.499. The van der Waals surface area contributed by atoms with E-state index in [2.05, 4.69) is 0 Å². The molecule has 2 atom stereocenters. The molecule has 33 heavy (non-hydrogen) atoms. The monoisotopic (exact) mass is 448 g/mol. The van der Waals surface area contributed by atoms with Crippen LogP contribution in [0.15, 0.2) is 60.7 Å². The minimum atomic E-state index is -0.323. The SMILES string of the molecule is O=C(CCc1cccc(Oc2ccc(F)cc2)c1)N1CC(N2C(=O)C3CC=CCC3C2=O)C1. The fraction of sp³-hybridized carbons (Fsp3) is 0.346. The Morgan fingerprint density at radius 3 is 2.27 bits per heavy atom. The second-order valence-corrected chi connectivity index (χ2v) is 8.86. The van der Waals surface area contributed by atoms with Gasteiger partial charge in [-0.1, -0.05) is 24.3 Å². The molecule has 170 valence electrons. The molecule has 0 spiro atoms. The predicted molar refractivity (Wildman–Crippen MR) is 119 cm³/mol. The molecule has 2 fully saturated rings. The van der Waals surface area contributed by atoms with E-state index in [1.54, 1.807) is 17.0 Å². The van der Waals surface area contributed by atoms with Crippen LogP contribution in [0.25, 0.3) is 0 Å². The van der Waals surface area contributed by atoms with E-state index in [0.717, 1.165) is 5.56 Å². The summed E-state index contributed by atoms with van der Waals surface area (Å²) in [5.74, 6) is 0.239. The average molecular weight is 448 g/mol. The molecule has 3 amide bonds. The fourth-order valence-corrected chi connectivity index (χ4v) is 4.82. The van der Waals surface area contributed by atoms with Crippen LogP contribution in [0.4, 0.5) is 4.39 Å². The van der Waals surface area contributed by atoms with Crippen LogP contribution in [-0.4, -0.2) is 46.7 Å². The summed E-state index contributed by atoms with van der Waals surface area (Å²) >= 11 is 0. The van der Waals surface area contributed by atoms with E-state index in [0.29, 0.717) is 50.3 Å². The lowest BCUT2D eigenvalue weighted by molar-refractivity contribution is -0.152. The van der Waals surface area contributed by atoms with Gasteiger partial charge in [-0.05, 0) is 61.2 Å². The number of hydrogen-bond acceptors (Lipinski definition) is 4. The van der Waals surface area contributed by atoms with Crippen LogP contribution in [0.2, 0.25) is 0 Å². The van der Waals surface area contributed by atoms with E-state index in [1.807, 2.05) is 36.4 Å². The van der Waals surface area contributed by atoms with Gasteiger partial charge < -0.3 is 9.64 Å². The average Bonchev–Trinajstić information content (AvgIpc) is 3.04. The number of carbonyl (C=O) groups excluding carboxylic acids is 3. The zero-order chi connectivity index (χ0) is 22.9. The van der Waals surface area contributed by atoms with E-state index in [-0.39, 0.29) is 41.4 Å². The van der Waals surface area contributed by atoms with Gasteiger partial charge >= 0.3 is 0 Å². The Morgan fingerprint density at radius 2 is 1.61 bits per heavy atom. The van der Waals surface area contributed by atoms with E-state index in [4.69, 9.17) is 4.74 Å². The maximum Gasteiger partial charge on any atom is 0.233 e. The maximum atomic E-state index is 13.1. The van der Waals surface area contributed by atoms with Gasteiger partial charge in [0.15, 0.2) is 0 Å². The number of amides is 3. The molecular formula is C26H25FN2O4. The van der Waals surface area contributed by atoms with Gasteiger partial charge in [-0.15, -0.1) is 0 Å². The van der Waals surface area contributed by atoms with Crippen LogP contribution in [0.3, 0.4) is 0 Å². The molecule has 2 saturated heterocycles. The van der Waals surface area contributed by atoms with Gasteiger partial charge in [0.05, 0.1) is 17.9 Å². The Labute approximate surface area is 191 Å². The molecule has 2 heterocycles. The smallest absolute Gasteiger partial charge is 0.233 e. The molecule has 2 aromatic carbocycles. The van der Waals surface area contributed by atoms with Crippen molar-refractivity contribution in [1.29, 1.82) is 0 Å². The van der Waals surface area contributed by atoms with Crippen molar-refractivity contribution in [2.24, 2.45) is 11.8 Å². The highest BCUT2D eigenvalue weighted by atomic mass is 19.1. The standard InChI is InChI=1S/C26H25FN2O4/c27-18-9-11-20(12-10-18)33-21-5-3-4-17(14-21)8-13-24(30)28-15-19(16-28)29-25(31)22-6-1-2-7-23(22)26(29)32/h1-5,9-12,14,19,22-23H,6-8,13,15-16H2. The number of halogens is 1. The molecule has 2 unspecified atom stereocenters. The highest BCUT2D eigenvalue weighted by Gasteiger charge is 2.52. The Balaban J connectivity index is 1.12. The van der Waals surface area contributed by atoms with Crippen LogP contribution < -0.4 is 4.74 Å². The highest BCUT2D eigenvalue weighted by molar-refractivity contribution is 6.06. The van der Waals surface area contributed by atoms with Crippen molar-refractivity contribution in [3.05, 3.63) is 72.1 Å². The third-order valence-electron chi connectivity index (χ3n) is 6.70. The van der Waals surface area contributed by atoms with Gasteiger partial charge in [-0.3, -0.25) is 19.3 Å². The van der Waals surface area contributed by atoms with Gasteiger partial charge in [0.1, 0.15) is 17.3 Å². The molecule has 0 radical (unpaired) electrons. The molecule has 2 aromatic rings. The Hall–Kier alpha value is -3.48. The summed E-state index contributed by atoms with van der Waals surface area (Å²) in [7, 11) is 0. The van der Waals surface area contributed by atoms with Gasteiger partial charge in [-0.2, -0.15) is 0 Å². The number of nitrogens with zero attached hydrogens (tertiary/aromatic N) is 2. The Kier molecular flexibility index (Phi) is 5.70. The van der Waals surface area contributed by atoms with E-state index in [1.165, 1.54) is 17.0 Å². The minimum absolute atomic E-state index is 0.00860. The van der Waals surface area contributed by atoms with Crippen molar-refractivity contribution in [2.75, 3.05) is 13.1 Å². The molecule has 3 aliphatic rings. The van der Waals surface area contributed by atoms with Crippen molar-refractivity contribution in [1.82, 2.24) is 9.80 Å². The lowest BCUT2D eigenvalue weighted by Gasteiger charge is -2.43. The molecule has 0 aromatic heterocycles. The van der Waals surface area contributed by atoms with Crippen molar-refractivity contribution < 1.29 is 23.5 Å². The summed E-state index contributed by atoms with van der Waals surface area (Å²) in [4.78, 5) is 41.2. The first kappa shape index (κ1) is 21.4. The summed E-state index contributed by atoms with van der Waals surface area (Å²) in [6, 6.07) is 13.1. The van der Waals surface area contributed by atoms with E-state index >= 15 is 0 Å². The zero-order valence-electron chi connectivity index (χ0n) is 18.2. The van der Waals surface area contributed by atoms with E-state index in [9.17, 15) is 18.8 Å². The van der Waals surface area contributed by atoms with Crippen LogP contribution in [0, 0.1) is 17.7 Å². The summed E-state index contributed by atoms with van der Waals surface area (Å²) in [6.07, 6.45) is 6.11. The third-order valence-corrected chi connectivity index (χ3v) is 6.70. The van der Waals surface area contributed by atoms with Crippen LogP contribution in [0.5, 0.6) is 11.5 Å². The number of benzene rings is 2. The maximum absolute atomic E-state index is 13.1. The molecule has 2 aliphatic heterocycles. The normalized spacial score (nSPS) is 22.3.